The second-order valence-corrected chi connectivity index (χ2v) is 6.14. The van der Waals surface area contributed by atoms with Gasteiger partial charge in [0.2, 0.25) is 0 Å². The van der Waals surface area contributed by atoms with Gasteiger partial charge in [0.05, 0.1) is 11.4 Å². The van der Waals surface area contributed by atoms with Crippen molar-refractivity contribution < 1.29 is 0 Å². The van der Waals surface area contributed by atoms with Crippen molar-refractivity contribution in [3.05, 3.63) is 59.2 Å². The van der Waals surface area contributed by atoms with E-state index in [4.69, 9.17) is 0 Å². The summed E-state index contributed by atoms with van der Waals surface area (Å²) < 4.78 is 0. The molecule has 0 amide bonds. The summed E-state index contributed by atoms with van der Waals surface area (Å²) in [6.45, 7) is 11.5. The lowest BCUT2D eigenvalue weighted by Gasteiger charge is -2.24. The van der Waals surface area contributed by atoms with Crippen molar-refractivity contribution in [3.8, 4) is 0 Å². The van der Waals surface area contributed by atoms with Gasteiger partial charge in [-0.1, -0.05) is 38.1 Å². The fourth-order valence-corrected chi connectivity index (χ4v) is 2.46. The maximum absolute atomic E-state index is 4.49. The third-order valence-electron chi connectivity index (χ3n) is 3.50. The second-order valence-electron chi connectivity index (χ2n) is 6.14. The van der Waals surface area contributed by atoms with E-state index in [1.165, 1.54) is 11.1 Å². The molecule has 0 aliphatic heterocycles. The molecule has 1 aromatic carbocycles. The molecule has 0 atom stereocenters. The van der Waals surface area contributed by atoms with Crippen LogP contribution < -0.4 is 0 Å². The number of hydrogen-bond acceptors (Lipinski definition) is 3. The van der Waals surface area contributed by atoms with Crippen molar-refractivity contribution >= 4 is 0 Å². The van der Waals surface area contributed by atoms with Crippen LogP contribution in [0.25, 0.3) is 0 Å². The first kappa shape index (κ1) is 15.6. The maximum Gasteiger partial charge on any atom is 0.0727 e. The molecule has 0 fully saturated rings. The third kappa shape index (κ3) is 4.94. The van der Waals surface area contributed by atoms with Crippen LogP contribution in [0.1, 0.15) is 36.4 Å². The van der Waals surface area contributed by atoms with Gasteiger partial charge in [-0.15, -0.1) is 0 Å². The number of hydrogen-bond donors (Lipinski definition) is 0. The van der Waals surface area contributed by atoms with E-state index in [2.05, 4.69) is 59.9 Å². The molecule has 0 aliphatic rings. The first-order valence-corrected chi connectivity index (χ1v) is 7.59. The van der Waals surface area contributed by atoms with Crippen LogP contribution in [0.4, 0.5) is 0 Å². The van der Waals surface area contributed by atoms with Gasteiger partial charge in [-0.05, 0) is 30.9 Å². The van der Waals surface area contributed by atoms with Gasteiger partial charge in [-0.3, -0.25) is 14.9 Å². The lowest BCUT2D eigenvalue weighted by Crippen LogP contribution is -2.27. The van der Waals surface area contributed by atoms with E-state index in [9.17, 15) is 0 Å². The summed E-state index contributed by atoms with van der Waals surface area (Å²) >= 11 is 0. The van der Waals surface area contributed by atoms with E-state index >= 15 is 0 Å². The highest BCUT2D eigenvalue weighted by Crippen LogP contribution is 2.14. The van der Waals surface area contributed by atoms with Crippen LogP contribution in [-0.4, -0.2) is 21.4 Å². The molecule has 1 aromatic heterocycles. The molecule has 3 heteroatoms. The molecule has 0 saturated heterocycles. The molecule has 0 radical (unpaired) electrons. The maximum atomic E-state index is 4.49. The standard InChI is InChI=1S/C18H25N3/c1-14(2)11-21(12-17-8-6-5-7-15(17)3)13-18-10-19-16(4)9-20-18/h5-10,14H,11-13H2,1-4H3. The summed E-state index contributed by atoms with van der Waals surface area (Å²) in [4.78, 5) is 11.3. The molecular weight excluding hydrogens is 258 g/mol. The minimum absolute atomic E-state index is 0.632. The third-order valence-corrected chi connectivity index (χ3v) is 3.50. The van der Waals surface area contributed by atoms with Gasteiger partial charge in [0.25, 0.3) is 0 Å². The summed E-state index contributed by atoms with van der Waals surface area (Å²) in [5, 5.41) is 0. The molecule has 3 nitrogen and oxygen atoms in total. The number of benzene rings is 1. The predicted octanol–water partition coefficient (Wildman–Crippen LogP) is 3.75. The predicted molar refractivity (Wildman–Crippen MR) is 86.9 cm³/mol. The minimum Gasteiger partial charge on any atom is -0.293 e. The quantitative estimate of drug-likeness (QED) is 0.808. The van der Waals surface area contributed by atoms with Crippen LogP contribution in [0.5, 0.6) is 0 Å². The van der Waals surface area contributed by atoms with Gasteiger partial charge >= 0.3 is 0 Å². The Kier molecular flexibility index (Phi) is 5.45. The lowest BCUT2D eigenvalue weighted by molar-refractivity contribution is 0.224. The highest BCUT2D eigenvalue weighted by molar-refractivity contribution is 5.25. The van der Waals surface area contributed by atoms with Crippen LogP contribution in [0.15, 0.2) is 36.7 Å². The van der Waals surface area contributed by atoms with Crippen molar-refractivity contribution in [2.45, 2.75) is 40.8 Å². The fraction of sp³-hybridized carbons (Fsp3) is 0.444. The SMILES string of the molecule is Cc1cnc(CN(Cc2ccccc2C)CC(C)C)cn1. The highest BCUT2D eigenvalue weighted by Gasteiger charge is 2.11. The molecule has 2 aromatic rings. The van der Waals surface area contributed by atoms with Gasteiger partial charge < -0.3 is 0 Å². The largest absolute Gasteiger partial charge is 0.293 e. The second kappa shape index (κ2) is 7.32. The Morgan fingerprint density at radius 3 is 2.38 bits per heavy atom. The Hall–Kier alpha value is -1.74. The van der Waals surface area contributed by atoms with Crippen LogP contribution in [0.3, 0.4) is 0 Å². The molecule has 0 saturated carbocycles. The van der Waals surface area contributed by atoms with E-state index in [0.717, 1.165) is 31.0 Å². The summed E-state index contributed by atoms with van der Waals surface area (Å²) in [5.74, 6) is 0.632. The van der Waals surface area contributed by atoms with Crippen LogP contribution in [0.2, 0.25) is 0 Å². The van der Waals surface area contributed by atoms with Crippen molar-refractivity contribution in [1.82, 2.24) is 14.9 Å². The van der Waals surface area contributed by atoms with Gasteiger partial charge in [0.1, 0.15) is 0 Å². The Morgan fingerprint density at radius 2 is 1.76 bits per heavy atom. The van der Waals surface area contributed by atoms with Crippen molar-refractivity contribution in [2.24, 2.45) is 5.92 Å². The number of aromatic nitrogens is 2. The molecular formula is C18H25N3. The zero-order valence-corrected chi connectivity index (χ0v) is 13.5. The summed E-state index contributed by atoms with van der Waals surface area (Å²) in [6, 6.07) is 8.59. The molecule has 1 heterocycles. The molecule has 21 heavy (non-hydrogen) atoms. The average Bonchev–Trinajstić information content (AvgIpc) is 2.43. The smallest absolute Gasteiger partial charge is 0.0727 e. The molecule has 0 N–H and O–H groups in total. The van der Waals surface area contributed by atoms with E-state index < -0.39 is 0 Å². The van der Waals surface area contributed by atoms with Gasteiger partial charge in [0, 0.05) is 32.0 Å². The zero-order valence-electron chi connectivity index (χ0n) is 13.5. The Labute approximate surface area is 128 Å². The van der Waals surface area contributed by atoms with E-state index in [-0.39, 0.29) is 0 Å². The average molecular weight is 283 g/mol. The van der Waals surface area contributed by atoms with Crippen molar-refractivity contribution in [3.63, 3.8) is 0 Å². The van der Waals surface area contributed by atoms with Gasteiger partial charge in [-0.2, -0.15) is 0 Å². The molecule has 2 rings (SSSR count). The first-order valence-electron chi connectivity index (χ1n) is 7.59. The zero-order chi connectivity index (χ0) is 15.2. The van der Waals surface area contributed by atoms with E-state index in [1.807, 2.05) is 19.3 Å². The van der Waals surface area contributed by atoms with Crippen molar-refractivity contribution in [1.29, 1.82) is 0 Å². The van der Waals surface area contributed by atoms with Gasteiger partial charge in [0.15, 0.2) is 0 Å². The van der Waals surface area contributed by atoms with Gasteiger partial charge in [-0.25, -0.2) is 0 Å². The van der Waals surface area contributed by atoms with Crippen LogP contribution in [-0.2, 0) is 13.1 Å². The van der Waals surface area contributed by atoms with E-state index in [0.29, 0.717) is 5.92 Å². The number of rotatable bonds is 6. The Bertz CT molecular complexity index is 561. The van der Waals surface area contributed by atoms with E-state index in [1.54, 1.807) is 0 Å². The Morgan fingerprint density at radius 1 is 1.00 bits per heavy atom. The molecule has 0 spiro atoms. The fourth-order valence-electron chi connectivity index (χ4n) is 2.46. The van der Waals surface area contributed by atoms with Crippen LogP contribution in [0, 0.1) is 19.8 Å². The minimum atomic E-state index is 0.632. The van der Waals surface area contributed by atoms with Crippen molar-refractivity contribution in [2.75, 3.05) is 6.54 Å². The Balaban J connectivity index is 2.11. The highest BCUT2D eigenvalue weighted by atomic mass is 15.1. The topological polar surface area (TPSA) is 29.0 Å². The summed E-state index contributed by atoms with van der Waals surface area (Å²) in [6.07, 6.45) is 3.73. The number of aryl methyl sites for hydroxylation is 2. The molecule has 0 aliphatic carbocycles. The molecule has 112 valence electrons. The number of nitrogens with zero attached hydrogens (tertiary/aromatic N) is 3. The molecule has 0 unspecified atom stereocenters. The monoisotopic (exact) mass is 283 g/mol. The normalized spacial score (nSPS) is 11.3. The lowest BCUT2D eigenvalue weighted by atomic mass is 10.1. The summed E-state index contributed by atoms with van der Waals surface area (Å²) in [7, 11) is 0. The van der Waals surface area contributed by atoms with Crippen LogP contribution >= 0.6 is 0 Å². The molecule has 0 bridgehead atoms. The summed E-state index contributed by atoms with van der Waals surface area (Å²) in [5.41, 5.74) is 4.74. The first-order chi connectivity index (χ1) is 10.0.